The maximum absolute atomic E-state index is 5.69. The van der Waals surface area contributed by atoms with E-state index in [4.69, 9.17) is 4.74 Å². The lowest BCUT2D eigenvalue weighted by Gasteiger charge is -2.22. The first-order valence-electron chi connectivity index (χ1n) is 4.36. The first-order valence-corrected chi connectivity index (χ1v) is 4.36. The van der Waals surface area contributed by atoms with Gasteiger partial charge in [0.1, 0.15) is 0 Å². The van der Waals surface area contributed by atoms with E-state index in [1.807, 2.05) is 12.3 Å². The zero-order valence-corrected chi connectivity index (χ0v) is 7.29. The molecule has 2 rings (SSSR count). The molecule has 1 aliphatic rings. The molecule has 64 valence electrons. The van der Waals surface area contributed by atoms with E-state index < -0.39 is 0 Å². The minimum atomic E-state index is -0.0751. The molecule has 0 aliphatic carbocycles. The number of aromatic nitrogens is 1. The highest BCUT2D eigenvalue weighted by molar-refractivity contribution is 5.18. The highest BCUT2D eigenvalue weighted by Crippen LogP contribution is 2.34. The monoisotopic (exact) mass is 163 g/mol. The van der Waals surface area contributed by atoms with Crippen LogP contribution in [0, 0.1) is 0 Å². The predicted octanol–water partition coefficient (Wildman–Crippen LogP) is 2.11. The molecule has 12 heavy (non-hydrogen) atoms. The van der Waals surface area contributed by atoms with Crippen LogP contribution < -0.4 is 0 Å². The van der Waals surface area contributed by atoms with Gasteiger partial charge in [0.25, 0.3) is 0 Å². The van der Waals surface area contributed by atoms with Crippen LogP contribution in [0.3, 0.4) is 0 Å². The first kappa shape index (κ1) is 7.74. The molecule has 1 unspecified atom stereocenters. The molecule has 0 N–H and O–H groups in total. The van der Waals surface area contributed by atoms with Crippen molar-refractivity contribution in [3.8, 4) is 0 Å². The topological polar surface area (TPSA) is 22.1 Å². The molecule has 1 aliphatic heterocycles. The number of hydrogen-bond donors (Lipinski definition) is 0. The lowest BCUT2D eigenvalue weighted by atomic mass is 9.95. The molecule has 1 aromatic heterocycles. The SMILES string of the molecule is CC1(c2cccnc2)CCCO1. The summed E-state index contributed by atoms with van der Waals surface area (Å²) in [6.07, 6.45) is 5.96. The molecule has 1 saturated heterocycles. The van der Waals surface area contributed by atoms with Crippen LogP contribution in [-0.4, -0.2) is 11.6 Å². The third-order valence-corrected chi connectivity index (χ3v) is 2.49. The van der Waals surface area contributed by atoms with E-state index in [0.717, 1.165) is 19.4 Å². The van der Waals surface area contributed by atoms with Crippen LogP contribution in [0.1, 0.15) is 25.3 Å². The zero-order valence-electron chi connectivity index (χ0n) is 7.29. The van der Waals surface area contributed by atoms with Gasteiger partial charge in [-0.25, -0.2) is 0 Å². The summed E-state index contributed by atoms with van der Waals surface area (Å²) < 4.78 is 5.69. The summed E-state index contributed by atoms with van der Waals surface area (Å²) >= 11 is 0. The summed E-state index contributed by atoms with van der Waals surface area (Å²) in [6.45, 7) is 3.02. The van der Waals surface area contributed by atoms with Crippen LogP contribution in [0.4, 0.5) is 0 Å². The molecule has 1 aromatic rings. The van der Waals surface area contributed by atoms with Crippen molar-refractivity contribution in [1.29, 1.82) is 0 Å². The van der Waals surface area contributed by atoms with Crippen LogP contribution in [0.15, 0.2) is 24.5 Å². The molecular weight excluding hydrogens is 150 g/mol. The van der Waals surface area contributed by atoms with Gasteiger partial charge < -0.3 is 4.74 Å². The fourth-order valence-electron chi connectivity index (χ4n) is 1.68. The van der Waals surface area contributed by atoms with Crippen molar-refractivity contribution in [2.45, 2.75) is 25.4 Å². The Bertz CT molecular complexity index is 252. The highest BCUT2D eigenvalue weighted by atomic mass is 16.5. The number of ether oxygens (including phenoxy) is 1. The highest BCUT2D eigenvalue weighted by Gasteiger charge is 2.31. The Labute approximate surface area is 72.6 Å². The van der Waals surface area contributed by atoms with E-state index in [-0.39, 0.29) is 5.60 Å². The lowest BCUT2D eigenvalue weighted by Crippen LogP contribution is -2.19. The van der Waals surface area contributed by atoms with Crippen LogP contribution in [0.5, 0.6) is 0 Å². The van der Waals surface area contributed by atoms with Crippen molar-refractivity contribution in [3.63, 3.8) is 0 Å². The summed E-state index contributed by atoms with van der Waals surface area (Å²) in [5.41, 5.74) is 1.12. The van der Waals surface area contributed by atoms with Gasteiger partial charge in [0.15, 0.2) is 0 Å². The molecule has 0 aromatic carbocycles. The molecule has 0 spiro atoms. The molecule has 1 fully saturated rings. The number of rotatable bonds is 1. The van der Waals surface area contributed by atoms with E-state index in [2.05, 4.69) is 18.0 Å². The van der Waals surface area contributed by atoms with Gasteiger partial charge in [0, 0.05) is 24.6 Å². The average Bonchev–Trinajstić information content (AvgIpc) is 2.55. The molecular formula is C10H13NO. The van der Waals surface area contributed by atoms with Crippen LogP contribution >= 0.6 is 0 Å². The summed E-state index contributed by atoms with van der Waals surface area (Å²) in [7, 11) is 0. The number of hydrogen-bond acceptors (Lipinski definition) is 2. The normalized spacial score (nSPS) is 29.1. The number of pyridine rings is 1. The Morgan fingerprint density at radius 2 is 2.50 bits per heavy atom. The second kappa shape index (κ2) is 2.87. The maximum atomic E-state index is 5.69. The van der Waals surface area contributed by atoms with Gasteiger partial charge >= 0.3 is 0 Å². The third kappa shape index (κ3) is 1.23. The molecule has 0 amide bonds. The van der Waals surface area contributed by atoms with Gasteiger partial charge in [0.05, 0.1) is 5.60 Å². The minimum Gasteiger partial charge on any atom is -0.371 e. The fraction of sp³-hybridized carbons (Fsp3) is 0.500. The van der Waals surface area contributed by atoms with Gasteiger partial charge in [-0.3, -0.25) is 4.98 Å². The van der Waals surface area contributed by atoms with Crippen LogP contribution in [-0.2, 0) is 10.3 Å². The average molecular weight is 163 g/mol. The second-order valence-electron chi connectivity index (χ2n) is 3.42. The second-order valence-corrected chi connectivity index (χ2v) is 3.42. The Kier molecular flexibility index (Phi) is 1.85. The molecule has 2 heterocycles. The molecule has 0 radical (unpaired) electrons. The lowest BCUT2D eigenvalue weighted by molar-refractivity contribution is 0.0165. The van der Waals surface area contributed by atoms with Crippen molar-refractivity contribution in [3.05, 3.63) is 30.1 Å². The van der Waals surface area contributed by atoms with Crippen LogP contribution in [0.25, 0.3) is 0 Å². The van der Waals surface area contributed by atoms with Crippen molar-refractivity contribution >= 4 is 0 Å². The van der Waals surface area contributed by atoms with Gasteiger partial charge in [-0.05, 0) is 25.8 Å². The Morgan fingerprint density at radius 3 is 3.08 bits per heavy atom. The van der Waals surface area contributed by atoms with E-state index in [9.17, 15) is 0 Å². The van der Waals surface area contributed by atoms with E-state index in [0.29, 0.717) is 0 Å². The largest absolute Gasteiger partial charge is 0.371 e. The van der Waals surface area contributed by atoms with Crippen LogP contribution in [0.2, 0.25) is 0 Å². The first-order chi connectivity index (χ1) is 5.81. The van der Waals surface area contributed by atoms with Crippen molar-refractivity contribution in [2.24, 2.45) is 0 Å². The molecule has 0 saturated carbocycles. The Morgan fingerprint density at radius 1 is 1.58 bits per heavy atom. The number of nitrogens with zero attached hydrogens (tertiary/aromatic N) is 1. The molecule has 2 heteroatoms. The van der Waals surface area contributed by atoms with Gasteiger partial charge in [-0.15, -0.1) is 0 Å². The third-order valence-electron chi connectivity index (χ3n) is 2.49. The molecule has 0 bridgehead atoms. The van der Waals surface area contributed by atoms with E-state index in [1.54, 1.807) is 6.20 Å². The summed E-state index contributed by atoms with van der Waals surface area (Å²) in [5.74, 6) is 0. The zero-order chi connectivity index (χ0) is 8.44. The minimum absolute atomic E-state index is 0.0751. The van der Waals surface area contributed by atoms with E-state index >= 15 is 0 Å². The fourth-order valence-corrected chi connectivity index (χ4v) is 1.68. The summed E-state index contributed by atoms with van der Waals surface area (Å²) in [6, 6.07) is 4.04. The van der Waals surface area contributed by atoms with Gasteiger partial charge in [0.2, 0.25) is 0 Å². The quantitative estimate of drug-likeness (QED) is 0.632. The Balaban J connectivity index is 2.29. The predicted molar refractivity (Wildman–Crippen MR) is 46.8 cm³/mol. The van der Waals surface area contributed by atoms with Crippen molar-refractivity contribution in [2.75, 3.05) is 6.61 Å². The standard InChI is InChI=1S/C10H13NO/c1-10(5-3-7-12-10)9-4-2-6-11-8-9/h2,4,6,8H,3,5,7H2,1H3. The summed E-state index contributed by atoms with van der Waals surface area (Å²) in [5, 5.41) is 0. The van der Waals surface area contributed by atoms with Gasteiger partial charge in [-0.2, -0.15) is 0 Å². The maximum Gasteiger partial charge on any atom is 0.0918 e. The molecule has 2 nitrogen and oxygen atoms in total. The van der Waals surface area contributed by atoms with Crippen molar-refractivity contribution < 1.29 is 4.74 Å². The smallest absolute Gasteiger partial charge is 0.0918 e. The van der Waals surface area contributed by atoms with Gasteiger partial charge in [-0.1, -0.05) is 6.07 Å². The molecule has 1 atom stereocenters. The van der Waals surface area contributed by atoms with E-state index in [1.165, 1.54) is 5.56 Å². The Hall–Kier alpha value is -0.890. The summed E-state index contributed by atoms with van der Waals surface area (Å²) in [4.78, 5) is 4.09. The van der Waals surface area contributed by atoms with Crippen molar-refractivity contribution in [1.82, 2.24) is 4.98 Å².